The lowest BCUT2D eigenvalue weighted by Gasteiger charge is -2.27. The van der Waals surface area contributed by atoms with Gasteiger partial charge in [0.25, 0.3) is 0 Å². The van der Waals surface area contributed by atoms with E-state index in [1.807, 2.05) is 74.5 Å². The molecule has 1 N–H and O–H groups in total. The Morgan fingerprint density at radius 3 is 2.27 bits per heavy atom. The molecule has 136 valence electrons. The number of urea groups is 1. The van der Waals surface area contributed by atoms with Gasteiger partial charge in [0.15, 0.2) is 0 Å². The molecule has 2 aromatic carbocycles. The molecule has 26 heavy (non-hydrogen) atoms. The molecule has 3 amide bonds. The summed E-state index contributed by atoms with van der Waals surface area (Å²) in [6.45, 7) is 4.37. The lowest BCUT2D eigenvalue weighted by molar-refractivity contribution is -0.131. The summed E-state index contributed by atoms with van der Waals surface area (Å²) in [5, 5.41) is 3.24. The van der Waals surface area contributed by atoms with Gasteiger partial charge in [0.2, 0.25) is 5.91 Å². The average molecular weight is 351 g/mol. The molecule has 0 aliphatic carbocycles. The number of hydrogen-bond acceptors (Lipinski definition) is 3. The molecular weight excluding hydrogens is 326 g/mol. The molecular formula is C21H25N3O2. The third kappa shape index (κ3) is 3.48. The Bertz CT molecular complexity index is 763. The summed E-state index contributed by atoms with van der Waals surface area (Å²) in [7, 11) is 1.75. The summed E-state index contributed by atoms with van der Waals surface area (Å²) in [6, 6.07) is 18.6. The van der Waals surface area contributed by atoms with Crippen molar-refractivity contribution in [2.75, 3.05) is 7.05 Å². The van der Waals surface area contributed by atoms with E-state index in [1.54, 1.807) is 11.9 Å². The molecule has 1 aliphatic heterocycles. The van der Waals surface area contributed by atoms with Crippen LogP contribution in [0, 0.1) is 0 Å². The van der Waals surface area contributed by atoms with Crippen LogP contribution in [0.15, 0.2) is 60.7 Å². The fourth-order valence-electron chi connectivity index (χ4n) is 3.36. The highest BCUT2D eigenvalue weighted by Gasteiger charge is 2.46. The van der Waals surface area contributed by atoms with Gasteiger partial charge in [0.05, 0.1) is 18.1 Å². The zero-order valence-corrected chi connectivity index (χ0v) is 15.4. The van der Waals surface area contributed by atoms with Gasteiger partial charge < -0.3 is 10.2 Å². The Hall–Kier alpha value is -2.66. The monoisotopic (exact) mass is 351 g/mol. The number of amides is 3. The molecule has 0 radical (unpaired) electrons. The van der Waals surface area contributed by atoms with Gasteiger partial charge in [-0.15, -0.1) is 0 Å². The second-order valence-corrected chi connectivity index (χ2v) is 6.79. The molecule has 1 fully saturated rings. The highest BCUT2D eigenvalue weighted by molar-refractivity contribution is 5.99. The number of carbonyl (C=O) groups excluding carboxylic acids is 2. The Labute approximate surface area is 154 Å². The smallest absolute Gasteiger partial charge is 0.322 e. The summed E-state index contributed by atoms with van der Waals surface area (Å²) in [5.74, 6) is -0.198. The molecule has 0 saturated carbocycles. The first-order chi connectivity index (χ1) is 12.5. The predicted octanol–water partition coefficient (Wildman–Crippen LogP) is 3.19. The number of likely N-dealkylation sites (N-methyl/N-ethyl adjacent to an activating group) is 1. The van der Waals surface area contributed by atoms with Crippen molar-refractivity contribution in [1.82, 2.24) is 15.1 Å². The van der Waals surface area contributed by atoms with Crippen molar-refractivity contribution in [1.29, 1.82) is 0 Å². The van der Waals surface area contributed by atoms with Crippen LogP contribution in [0.4, 0.5) is 4.79 Å². The highest BCUT2D eigenvalue weighted by Crippen LogP contribution is 2.34. The normalized spacial score (nSPS) is 21.1. The first kappa shape index (κ1) is 18.1. The zero-order valence-electron chi connectivity index (χ0n) is 15.4. The Morgan fingerprint density at radius 1 is 1.08 bits per heavy atom. The van der Waals surface area contributed by atoms with Crippen molar-refractivity contribution in [3.8, 4) is 0 Å². The summed E-state index contributed by atoms with van der Waals surface area (Å²) in [6.07, 6.45) is 0. The molecule has 2 aromatic rings. The van der Waals surface area contributed by atoms with E-state index in [4.69, 9.17) is 0 Å². The van der Waals surface area contributed by atoms with Crippen molar-refractivity contribution in [3.05, 3.63) is 71.8 Å². The van der Waals surface area contributed by atoms with Gasteiger partial charge in [-0.05, 0) is 25.0 Å². The average Bonchev–Trinajstić information content (AvgIpc) is 2.91. The third-order valence-corrected chi connectivity index (χ3v) is 5.06. The van der Waals surface area contributed by atoms with Crippen molar-refractivity contribution in [3.63, 3.8) is 0 Å². The largest absolute Gasteiger partial charge is 0.327 e. The van der Waals surface area contributed by atoms with Gasteiger partial charge in [-0.3, -0.25) is 9.69 Å². The molecule has 5 heteroatoms. The number of hydrogen-bond donors (Lipinski definition) is 1. The fraction of sp³-hybridized carbons (Fsp3) is 0.333. The maximum Gasteiger partial charge on any atom is 0.327 e. The third-order valence-electron chi connectivity index (χ3n) is 5.06. The lowest BCUT2D eigenvalue weighted by Crippen LogP contribution is -2.47. The van der Waals surface area contributed by atoms with E-state index in [0.717, 1.165) is 11.1 Å². The Morgan fingerprint density at radius 2 is 1.65 bits per heavy atom. The fourth-order valence-corrected chi connectivity index (χ4v) is 3.36. The first-order valence-electron chi connectivity index (χ1n) is 8.93. The van der Waals surface area contributed by atoms with Gasteiger partial charge in [-0.1, -0.05) is 60.7 Å². The predicted molar refractivity (Wildman–Crippen MR) is 101 cm³/mol. The van der Waals surface area contributed by atoms with Crippen LogP contribution in [-0.4, -0.2) is 40.9 Å². The van der Waals surface area contributed by atoms with Crippen LogP contribution >= 0.6 is 0 Å². The number of carbonyl (C=O) groups is 2. The number of nitrogens with zero attached hydrogens (tertiary/aromatic N) is 2. The summed E-state index contributed by atoms with van der Waals surface area (Å²) in [5.41, 5.74) is 2.08. The molecule has 1 aliphatic rings. The van der Waals surface area contributed by atoms with E-state index in [2.05, 4.69) is 5.32 Å². The molecule has 1 saturated heterocycles. The number of rotatable bonds is 5. The van der Waals surface area contributed by atoms with E-state index in [9.17, 15) is 9.59 Å². The van der Waals surface area contributed by atoms with Crippen LogP contribution in [0.25, 0.3) is 0 Å². The molecule has 3 rings (SSSR count). The minimum absolute atomic E-state index is 0.0739. The molecule has 0 spiro atoms. The second-order valence-electron chi connectivity index (χ2n) is 6.79. The highest BCUT2D eigenvalue weighted by atomic mass is 16.2. The SMILES string of the molecule is C[C@@H](NCc1ccccc1)C(=O)N1C(=O)N(C)[C@@H](C)[C@H]1c1ccccc1. The van der Waals surface area contributed by atoms with Crippen molar-refractivity contribution in [2.24, 2.45) is 0 Å². The molecule has 1 heterocycles. The summed E-state index contributed by atoms with van der Waals surface area (Å²) >= 11 is 0. The van der Waals surface area contributed by atoms with Crippen LogP contribution in [0.3, 0.4) is 0 Å². The summed E-state index contributed by atoms with van der Waals surface area (Å²) < 4.78 is 0. The molecule has 3 atom stereocenters. The number of nitrogens with one attached hydrogen (secondary N) is 1. The number of benzene rings is 2. The zero-order chi connectivity index (χ0) is 18.7. The van der Waals surface area contributed by atoms with Crippen LogP contribution in [0.2, 0.25) is 0 Å². The van der Waals surface area contributed by atoms with E-state index in [1.165, 1.54) is 4.90 Å². The molecule has 0 unspecified atom stereocenters. The van der Waals surface area contributed by atoms with Gasteiger partial charge in [-0.25, -0.2) is 4.79 Å². The molecule has 0 aromatic heterocycles. The molecule has 0 bridgehead atoms. The van der Waals surface area contributed by atoms with Gasteiger partial charge in [0.1, 0.15) is 0 Å². The standard InChI is InChI=1S/C21H25N3O2/c1-15(22-14-17-10-6-4-7-11-17)20(25)24-19(16(2)23(3)21(24)26)18-12-8-5-9-13-18/h4-13,15-16,19,22H,14H2,1-3H3/t15-,16+,19+/m1/s1. The lowest BCUT2D eigenvalue weighted by atomic mass is 10.00. The van der Waals surface area contributed by atoms with Crippen molar-refractivity contribution >= 4 is 11.9 Å². The van der Waals surface area contributed by atoms with Crippen molar-refractivity contribution in [2.45, 2.75) is 38.5 Å². The number of imide groups is 1. The van der Waals surface area contributed by atoms with Gasteiger partial charge in [-0.2, -0.15) is 0 Å². The second kappa shape index (κ2) is 7.70. The minimum Gasteiger partial charge on any atom is -0.322 e. The van der Waals surface area contributed by atoms with Crippen LogP contribution in [-0.2, 0) is 11.3 Å². The molecule has 5 nitrogen and oxygen atoms in total. The van der Waals surface area contributed by atoms with E-state index >= 15 is 0 Å². The van der Waals surface area contributed by atoms with Crippen LogP contribution < -0.4 is 5.32 Å². The van der Waals surface area contributed by atoms with E-state index in [-0.39, 0.29) is 24.0 Å². The van der Waals surface area contributed by atoms with E-state index < -0.39 is 6.04 Å². The van der Waals surface area contributed by atoms with Crippen LogP contribution in [0.1, 0.15) is 31.0 Å². The van der Waals surface area contributed by atoms with Gasteiger partial charge in [0, 0.05) is 13.6 Å². The van der Waals surface area contributed by atoms with E-state index in [0.29, 0.717) is 6.54 Å². The summed E-state index contributed by atoms with van der Waals surface area (Å²) in [4.78, 5) is 28.8. The van der Waals surface area contributed by atoms with Crippen molar-refractivity contribution < 1.29 is 9.59 Å². The Balaban J connectivity index is 1.78. The minimum atomic E-state index is -0.455. The van der Waals surface area contributed by atoms with Gasteiger partial charge >= 0.3 is 6.03 Å². The topological polar surface area (TPSA) is 52.7 Å². The van der Waals surface area contributed by atoms with Crippen LogP contribution in [0.5, 0.6) is 0 Å². The maximum atomic E-state index is 13.1. The maximum absolute atomic E-state index is 13.1. The first-order valence-corrected chi connectivity index (χ1v) is 8.93. The Kier molecular flexibility index (Phi) is 5.38. The quantitative estimate of drug-likeness (QED) is 0.900.